The number of terminal acetylenes is 1. The topological polar surface area (TPSA) is 89.6 Å². The Morgan fingerprint density at radius 1 is 1.21 bits per heavy atom. The number of aryl methyl sites for hydroxylation is 1. The Balaban J connectivity index is 1.21. The summed E-state index contributed by atoms with van der Waals surface area (Å²) in [6, 6.07) is 6.49. The highest BCUT2D eigenvalue weighted by atomic mass is 19.1. The van der Waals surface area contributed by atoms with E-state index in [1.54, 1.807) is 24.4 Å². The smallest absolute Gasteiger partial charge is 0.319 e. The quantitative estimate of drug-likeness (QED) is 0.173. The molecule has 0 bridgehead atoms. The summed E-state index contributed by atoms with van der Waals surface area (Å²) in [5.74, 6) is 2.41. The molecule has 2 aromatic carbocycles. The number of ether oxygens (including phenoxy) is 2. The highest BCUT2D eigenvalue weighted by molar-refractivity contribution is 6.04. The highest BCUT2D eigenvalue weighted by Gasteiger charge is 2.67. The lowest BCUT2D eigenvalue weighted by atomic mass is 9.80. The first kappa shape index (κ1) is 28.9. The molecule has 8 nitrogen and oxygen atoms in total. The second-order valence-electron chi connectivity index (χ2n) is 14.1. The van der Waals surface area contributed by atoms with Gasteiger partial charge in [0.1, 0.15) is 24.4 Å². The number of nitrogen functional groups attached to an aromatic ring is 1. The summed E-state index contributed by atoms with van der Waals surface area (Å²) in [4.78, 5) is 19.4. The molecule has 1 spiro atoms. The van der Waals surface area contributed by atoms with Gasteiger partial charge >= 0.3 is 6.01 Å². The fraction of sp³-hybridized carbons (Fsp3) is 0.432. The van der Waals surface area contributed by atoms with Crippen LogP contribution in [0.1, 0.15) is 36.8 Å². The van der Waals surface area contributed by atoms with Gasteiger partial charge in [-0.2, -0.15) is 9.97 Å². The number of anilines is 2. The fourth-order valence-electron chi connectivity index (χ4n) is 8.96. The van der Waals surface area contributed by atoms with Crippen molar-refractivity contribution in [3.63, 3.8) is 0 Å². The van der Waals surface area contributed by atoms with Crippen LogP contribution in [0.15, 0.2) is 42.6 Å². The standard InChI is InChI=1S/C37H36F2N6O2/c1-4-24-28(38)6-5-22-13-23(40)14-25(29(22)24)31-21(3)32-26(16-41-31)34(45-11-12-46-18-27-30(39)33(27)45)43-35(42-32)47-19-37-15-20(2)17-44(37)10-9-36(37)7-8-36/h1,5-6,13-14,16,27,30,33H,2,7-12,15,17-19,40H2,3H3/t27-,30-,33-,37-/m0/s1. The van der Waals surface area contributed by atoms with Crippen molar-refractivity contribution in [1.29, 1.82) is 0 Å². The van der Waals surface area contributed by atoms with Crippen molar-refractivity contribution in [3.05, 3.63) is 59.6 Å². The van der Waals surface area contributed by atoms with E-state index in [4.69, 9.17) is 36.6 Å². The zero-order valence-corrected chi connectivity index (χ0v) is 26.4. The number of benzene rings is 2. The number of pyridine rings is 1. The van der Waals surface area contributed by atoms with Crippen molar-refractivity contribution in [2.24, 2.45) is 11.3 Å². The van der Waals surface area contributed by atoms with Gasteiger partial charge in [-0.3, -0.25) is 9.88 Å². The SMILES string of the molecule is C#Cc1c(F)ccc2cc(N)cc(-c3ncc4c(N5CCOC[C@H]6[C@H](F)[C@H]65)nc(OC[C@]56CC(=C)CN5CCC65CC5)nc4c3C)c12. The highest BCUT2D eigenvalue weighted by Crippen LogP contribution is 2.66. The van der Waals surface area contributed by atoms with Gasteiger partial charge in [0, 0.05) is 47.4 Å². The van der Waals surface area contributed by atoms with Gasteiger partial charge in [0.2, 0.25) is 0 Å². The largest absolute Gasteiger partial charge is 0.461 e. The van der Waals surface area contributed by atoms with Gasteiger partial charge in [0.05, 0.1) is 47.0 Å². The van der Waals surface area contributed by atoms with Crippen molar-refractivity contribution >= 4 is 33.2 Å². The second kappa shape index (κ2) is 10.1. The maximum Gasteiger partial charge on any atom is 0.319 e. The number of fused-ring (bicyclic) bond motifs is 5. The molecule has 5 aliphatic rings. The van der Waals surface area contributed by atoms with Gasteiger partial charge < -0.3 is 20.1 Å². The number of hydrogen-bond donors (Lipinski definition) is 1. The molecule has 0 unspecified atom stereocenters. The third-order valence-electron chi connectivity index (χ3n) is 11.6. The summed E-state index contributed by atoms with van der Waals surface area (Å²) in [6.07, 6.45) is 11.0. The Hall–Kier alpha value is -4.33. The average molecular weight is 635 g/mol. The lowest BCUT2D eigenvalue weighted by molar-refractivity contribution is 0.0649. The number of rotatable bonds is 5. The van der Waals surface area contributed by atoms with Crippen molar-refractivity contribution in [3.8, 4) is 29.6 Å². The monoisotopic (exact) mass is 634 g/mol. The van der Waals surface area contributed by atoms with E-state index in [0.29, 0.717) is 70.8 Å². The third-order valence-corrected chi connectivity index (χ3v) is 11.6. The minimum absolute atomic E-state index is 0.112. The van der Waals surface area contributed by atoms with E-state index >= 15 is 4.39 Å². The van der Waals surface area contributed by atoms with E-state index in [2.05, 4.69) is 17.4 Å². The lowest BCUT2D eigenvalue weighted by Crippen LogP contribution is -2.49. The van der Waals surface area contributed by atoms with Crippen molar-refractivity contribution in [2.75, 3.05) is 50.1 Å². The zero-order chi connectivity index (χ0) is 32.2. The van der Waals surface area contributed by atoms with Crippen LogP contribution in [0.4, 0.5) is 20.3 Å². The van der Waals surface area contributed by atoms with Crippen LogP contribution in [-0.2, 0) is 4.74 Å². The molecule has 5 fully saturated rings. The number of hydrogen-bond acceptors (Lipinski definition) is 8. The molecule has 3 aliphatic heterocycles. The van der Waals surface area contributed by atoms with Crippen LogP contribution in [-0.4, -0.2) is 77.1 Å². The molecular weight excluding hydrogens is 598 g/mol. The normalized spacial score (nSPS) is 27.6. The van der Waals surface area contributed by atoms with Crippen LogP contribution in [0.2, 0.25) is 0 Å². The van der Waals surface area contributed by atoms with E-state index < -0.39 is 12.0 Å². The Kier molecular flexibility index (Phi) is 6.19. The molecule has 9 rings (SSSR count). The lowest BCUT2D eigenvalue weighted by Gasteiger charge is -2.37. The van der Waals surface area contributed by atoms with E-state index in [9.17, 15) is 4.39 Å². The minimum Gasteiger partial charge on any atom is -0.461 e. The predicted molar refractivity (Wildman–Crippen MR) is 177 cm³/mol. The third kappa shape index (κ3) is 4.15. The Morgan fingerprint density at radius 2 is 2.06 bits per heavy atom. The summed E-state index contributed by atoms with van der Waals surface area (Å²) >= 11 is 0. The van der Waals surface area contributed by atoms with Crippen molar-refractivity contribution in [2.45, 2.75) is 50.4 Å². The Morgan fingerprint density at radius 3 is 2.87 bits per heavy atom. The molecule has 0 amide bonds. The first-order chi connectivity index (χ1) is 22.7. The maximum atomic E-state index is 15.1. The maximum absolute atomic E-state index is 15.1. The molecule has 2 aliphatic carbocycles. The number of nitrogens with two attached hydrogens (primary N) is 1. The van der Waals surface area contributed by atoms with Gasteiger partial charge in [-0.15, -0.1) is 6.42 Å². The van der Waals surface area contributed by atoms with E-state index in [1.807, 2.05) is 11.8 Å². The van der Waals surface area contributed by atoms with Crippen molar-refractivity contribution < 1.29 is 18.3 Å². The molecule has 10 heteroatoms. The van der Waals surface area contributed by atoms with Crippen molar-refractivity contribution in [1.82, 2.24) is 19.9 Å². The molecule has 47 heavy (non-hydrogen) atoms. The first-order valence-corrected chi connectivity index (χ1v) is 16.4. The fourth-order valence-corrected chi connectivity index (χ4v) is 8.96. The average Bonchev–Trinajstić information content (AvgIpc) is 3.93. The van der Waals surface area contributed by atoms with Gasteiger partial charge in [0.15, 0.2) is 0 Å². The van der Waals surface area contributed by atoms with Crippen LogP contribution in [0, 0.1) is 36.4 Å². The second-order valence-corrected chi connectivity index (χ2v) is 14.1. The molecule has 2 N–H and O–H groups in total. The number of aromatic nitrogens is 3. The van der Waals surface area contributed by atoms with E-state index in [1.165, 1.54) is 30.9 Å². The minimum atomic E-state index is -1.00. The molecular formula is C37H36F2N6O2. The number of halogens is 2. The number of alkyl halides is 1. The van der Waals surface area contributed by atoms with Crippen LogP contribution in [0.3, 0.4) is 0 Å². The van der Waals surface area contributed by atoms with Gasteiger partial charge in [-0.1, -0.05) is 24.1 Å². The summed E-state index contributed by atoms with van der Waals surface area (Å²) in [5.41, 5.74) is 10.9. The molecule has 4 aromatic rings. The van der Waals surface area contributed by atoms with E-state index in [-0.39, 0.29) is 34.5 Å². The first-order valence-electron chi connectivity index (χ1n) is 16.4. The molecule has 3 saturated heterocycles. The van der Waals surface area contributed by atoms with Gasteiger partial charge in [-0.25, -0.2) is 8.78 Å². The summed E-state index contributed by atoms with van der Waals surface area (Å²) in [6.45, 7) is 10.00. The molecule has 0 radical (unpaired) electrons. The summed E-state index contributed by atoms with van der Waals surface area (Å²) in [7, 11) is 0. The van der Waals surface area contributed by atoms with Gasteiger partial charge in [0.25, 0.3) is 0 Å². The molecule has 5 heterocycles. The molecule has 2 aromatic heterocycles. The summed E-state index contributed by atoms with van der Waals surface area (Å²) in [5, 5.41) is 1.96. The Bertz CT molecular complexity index is 2060. The number of nitrogens with zero attached hydrogens (tertiary/aromatic N) is 5. The van der Waals surface area contributed by atoms with E-state index in [0.717, 1.165) is 25.1 Å². The molecule has 240 valence electrons. The zero-order valence-electron chi connectivity index (χ0n) is 26.4. The van der Waals surface area contributed by atoms with Crippen LogP contribution >= 0.6 is 0 Å². The van der Waals surface area contributed by atoms with Gasteiger partial charge in [-0.05, 0) is 68.2 Å². The molecule has 2 saturated carbocycles. The van der Waals surface area contributed by atoms with Crippen LogP contribution in [0.5, 0.6) is 6.01 Å². The summed E-state index contributed by atoms with van der Waals surface area (Å²) < 4.78 is 42.5. The molecule has 4 atom stereocenters. The Labute approximate surface area is 272 Å². The van der Waals surface area contributed by atoms with Crippen LogP contribution < -0.4 is 15.4 Å². The predicted octanol–water partition coefficient (Wildman–Crippen LogP) is 5.59. The van der Waals surface area contributed by atoms with Crippen LogP contribution in [0.25, 0.3) is 32.9 Å².